The lowest BCUT2D eigenvalue weighted by atomic mass is 10.1. The van der Waals surface area contributed by atoms with Gasteiger partial charge in [0, 0.05) is 17.7 Å². The monoisotopic (exact) mass is 249 g/mol. The average Bonchev–Trinajstić information content (AvgIpc) is 2.68. The van der Waals surface area contributed by atoms with E-state index in [1.165, 1.54) is 12.2 Å². The molecule has 1 aliphatic rings. The van der Waals surface area contributed by atoms with Gasteiger partial charge < -0.3 is 0 Å². The molecule has 86 valence electrons. The number of carbonyl (C=O) groups excluding carboxylic acids is 3. The second-order valence-corrected chi connectivity index (χ2v) is 3.72. The van der Waals surface area contributed by atoms with Gasteiger partial charge in [-0.2, -0.15) is 0 Å². The Kier molecular flexibility index (Phi) is 3.06. The third-order valence-corrected chi connectivity index (χ3v) is 2.62. The fourth-order valence-electron chi connectivity index (χ4n) is 1.53. The minimum atomic E-state index is -0.383. The molecule has 0 N–H and O–H groups in total. The Balaban J connectivity index is 2.27. The predicted molar refractivity (Wildman–Crippen MR) is 63.1 cm³/mol. The van der Waals surface area contributed by atoms with Gasteiger partial charge in [-0.15, -0.1) is 11.6 Å². The summed E-state index contributed by atoms with van der Waals surface area (Å²) in [6, 6.07) is 6.17. The van der Waals surface area contributed by atoms with Gasteiger partial charge in [0.05, 0.1) is 11.6 Å². The Morgan fingerprint density at radius 2 is 1.59 bits per heavy atom. The van der Waals surface area contributed by atoms with Crippen molar-refractivity contribution in [3.05, 3.63) is 42.0 Å². The van der Waals surface area contributed by atoms with Crippen molar-refractivity contribution in [1.29, 1.82) is 0 Å². The van der Waals surface area contributed by atoms with Crippen molar-refractivity contribution in [2.45, 2.75) is 0 Å². The van der Waals surface area contributed by atoms with Crippen LogP contribution in [0, 0.1) is 0 Å². The quantitative estimate of drug-likeness (QED) is 0.464. The van der Waals surface area contributed by atoms with Crippen LogP contribution in [0.4, 0.5) is 5.69 Å². The van der Waals surface area contributed by atoms with Crippen molar-refractivity contribution in [2.75, 3.05) is 10.8 Å². The van der Waals surface area contributed by atoms with Gasteiger partial charge in [0.2, 0.25) is 0 Å². The molecule has 0 fully saturated rings. The maximum Gasteiger partial charge on any atom is 0.258 e. The number of halogens is 1. The summed E-state index contributed by atoms with van der Waals surface area (Å²) < 4.78 is 0. The summed E-state index contributed by atoms with van der Waals surface area (Å²) in [5, 5.41) is 0. The molecular weight excluding hydrogens is 242 g/mol. The van der Waals surface area contributed by atoms with Crippen LogP contribution < -0.4 is 4.90 Å². The maximum absolute atomic E-state index is 11.4. The summed E-state index contributed by atoms with van der Waals surface area (Å²) in [4.78, 5) is 35.1. The van der Waals surface area contributed by atoms with E-state index in [9.17, 15) is 14.4 Å². The number of rotatable bonds is 3. The lowest BCUT2D eigenvalue weighted by Crippen LogP contribution is -2.29. The molecule has 1 aromatic carbocycles. The topological polar surface area (TPSA) is 54.5 Å². The molecule has 0 spiro atoms. The first kappa shape index (κ1) is 11.5. The largest absolute Gasteiger partial charge is 0.293 e. The van der Waals surface area contributed by atoms with Gasteiger partial charge in [0.15, 0.2) is 5.78 Å². The highest BCUT2D eigenvalue weighted by molar-refractivity contribution is 6.30. The van der Waals surface area contributed by atoms with Crippen molar-refractivity contribution in [3.63, 3.8) is 0 Å². The van der Waals surface area contributed by atoms with Crippen LogP contribution >= 0.6 is 11.6 Å². The number of carbonyl (C=O) groups is 3. The Labute approximate surface area is 102 Å². The van der Waals surface area contributed by atoms with Crippen LogP contribution in [0.25, 0.3) is 0 Å². The molecule has 17 heavy (non-hydrogen) atoms. The summed E-state index contributed by atoms with van der Waals surface area (Å²) in [6.07, 6.45) is 2.42. The molecule has 0 saturated carbocycles. The number of benzene rings is 1. The van der Waals surface area contributed by atoms with E-state index in [4.69, 9.17) is 11.6 Å². The van der Waals surface area contributed by atoms with Crippen LogP contribution in [0.5, 0.6) is 0 Å². The Hall–Kier alpha value is -1.94. The van der Waals surface area contributed by atoms with E-state index in [-0.39, 0.29) is 23.5 Å². The maximum atomic E-state index is 11.4. The summed E-state index contributed by atoms with van der Waals surface area (Å²) in [5.41, 5.74) is 0.895. The average molecular weight is 250 g/mol. The van der Waals surface area contributed by atoms with E-state index in [0.717, 1.165) is 4.90 Å². The van der Waals surface area contributed by atoms with Crippen LogP contribution in [0.3, 0.4) is 0 Å². The number of ketones is 1. The van der Waals surface area contributed by atoms with E-state index >= 15 is 0 Å². The fraction of sp³-hybridized carbons (Fsp3) is 0.0833. The first-order chi connectivity index (χ1) is 8.13. The molecule has 4 nitrogen and oxygen atoms in total. The summed E-state index contributed by atoms with van der Waals surface area (Å²) in [5.74, 6) is -1.06. The van der Waals surface area contributed by atoms with Crippen molar-refractivity contribution >= 4 is 34.9 Å². The van der Waals surface area contributed by atoms with Gasteiger partial charge >= 0.3 is 0 Å². The van der Waals surface area contributed by atoms with Gasteiger partial charge in [-0.1, -0.05) is 0 Å². The molecule has 2 rings (SSSR count). The number of hydrogen-bond donors (Lipinski definition) is 0. The number of alkyl halides is 1. The van der Waals surface area contributed by atoms with E-state index in [1.54, 1.807) is 24.3 Å². The summed E-state index contributed by atoms with van der Waals surface area (Å²) in [6.45, 7) is 0. The molecular formula is C12H8ClNO3. The SMILES string of the molecule is O=C(CCl)c1ccc(N2C(=O)C=CC2=O)cc1. The highest BCUT2D eigenvalue weighted by Gasteiger charge is 2.24. The molecule has 0 radical (unpaired) electrons. The molecule has 0 unspecified atom stereocenters. The molecule has 2 amide bonds. The van der Waals surface area contributed by atoms with Crippen LogP contribution in [0.15, 0.2) is 36.4 Å². The van der Waals surface area contributed by atoms with Gasteiger partial charge in [-0.25, -0.2) is 4.90 Å². The smallest absolute Gasteiger partial charge is 0.258 e. The van der Waals surface area contributed by atoms with Crippen molar-refractivity contribution in [1.82, 2.24) is 0 Å². The van der Waals surface area contributed by atoms with E-state index in [2.05, 4.69) is 0 Å². The van der Waals surface area contributed by atoms with Crippen LogP contribution in [-0.2, 0) is 9.59 Å². The van der Waals surface area contributed by atoms with Crippen LogP contribution in [0.2, 0.25) is 0 Å². The van der Waals surface area contributed by atoms with Gasteiger partial charge in [0.1, 0.15) is 0 Å². The van der Waals surface area contributed by atoms with Gasteiger partial charge in [-0.05, 0) is 24.3 Å². The van der Waals surface area contributed by atoms with Gasteiger partial charge in [-0.3, -0.25) is 14.4 Å². The normalized spacial score (nSPS) is 14.5. The zero-order valence-corrected chi connectivity index (χ0v) is 9.48. The predicted octanol–water partition coefficient (Wildman–Crippen LogP) is 1.54. The number of Topliss-reactive ketones (excluding diaryl/α,β-unsaturated/α-hetero) is 1. The third-order valence-electron chi connectivity index (χ3n) is 2.38. The highest BCUT2D eigenvalue weighted by Crippen LogP contribution is 2.19. The zero-order chi connectivity index (χ0) is 12.4. The summed E-state index contributed by atoms with van der Waals surface area (Å²) >= 11 is 5.42. The van der Waals surface area contributed by atoms with Gasteiger partial charge in [0.25, 0.3) is 11.8 Å². The molecule has 1 heterocycles. The number of anilines is 1. The van der Waals surface area contributed by atoms with Crippen molar-refractivity contribution in [3.8, 4) is 0 Å². The van der Waals surface area contributed by atoms with Crippen LogP contribution in [-0.4, -0.2) is 23.5 Å². The summed E-state index contributed by atoms with van der Waals surface area (Å²) in [7, 11) is 0. The third kappa shape index (κ3) is 2.12. The standard InChI is InChI=1S/C12H8ClNO3/c13-7-10(15)8-1-3-9(4-2-8)14-11(16)5-6-12(14)17/h1-6H,7H2. The molecule has 1 aromatic rings. The zero-order valence-electron chi connectivity index (χ0n) is 8.72. The Morgan fingerprint density at radius 3 is 2.06 bits per heavy atom. The molecule has 5 heteroatoms. The number of hydrogen-bond acceptors (Lipinski definition) is 3. The van der Waals surface area contributed by atoms with Crippen molar-refractivity contribution < 1.29 is 14.4 Å². The number of nitrogens with zero attached hydrogens (tertiary/aromatic N) is 1. The molecule has 0 saturated heterocycles. The minimum absolute atomic E-state index is 0.0948. The second kappa shape index (κ2) is 4.51. The molecule has 0 aromatic heterocycles. The molecule has 0 bridgehead atoms. The lowest BCUT2D eigenvalue weighted by molar-refractivity contribution is -0.119. The van der Waals surface area contributed by atoms with E-state index in [1.807, 2.05) is 0 Å². The second-order valence-electron chi connectivity index (χ2n) is 3.45. The Morgan fingerprint density at radius 1 is 1.06 bits per heavy atom. The Bertz CT molecular complexity index is 501. The van der Waals surface area contributed by atoms with Crippen LogP contribution in [0.1, 0.15) is 10.4 Å². The molecule has 0 aliphatic carbocycles. The minimum Gasteiger partial charge on any atom is -0.293 e. The number of imide groups is 1. The van der Waals surface area contributed by atoms with E-state index < -0.39 is 0 Å². The first-order valence-corrected chi connectivity index (χ1v) is 5.42. The van der Waals surface area contributed by atoms with Crippen molar-refractivity contribution in [2.24, 2.45) is 0 Å². The highest BCUT2D eigenvalue weighted by atomic mass is 35.5. The molecule has 0 atom stereocenters. The lowest BCUT2D eigenvalue weighted by Gasteiger charge is -2.13. The van der Waals surface area contributed by atoms with E-state index in [0.29, 0.717) is 11.3 Å². The molecule has 1 aliphatic heterocycles. The fourth-order valence-corrected chi connectivity index (χ4v) is 1.68. The first-order valence-electron chi connectivity index (χ1n) is 4.89. The number of amides is 2.